The van der Waals surface area contributed by atoms with Crippen molar-refractivity contribution in [1.82, 2.24) is 0 Å². The molecule has 0 atom stereocenters. The highest BCUT2D eigenvalue weighted by molar-refractivity contribution is 6.09. The maximum Gasteiger partial charge on any atom is 0.119 e. The molecule has 5 aromatic carbocycles. The molecule has 5 rings (SSSR count). The van der Waals surface area contributed by atoms with E-state index in [1.54, 1.807) is 0 Å². The molecule has 0 fully saturated rings. The molecule has 0 saturated heterocycles. The molecule has 0 heterocycles. The Bertz CT molecular complexity index is 1350. The topological polar surface area (TPSA) is 18.5 Å². The van der Waals surface area contributed by atoms with E-state index in [1.165, 1.54) is 43.8 Å². The molecule has 0 N–H and O–H groups in total. The highest BCUT2D eigenvalue weighted by atomic mass is 16.5. The highest BCUT2D eigenvalue weighted by Crippen LogP contribution is 2.33. The van der Waals surface area contributed by atoms with Gasteiger partial charge in [0.25, 0.3) is 0 Å². The zero-order valence-electron chi connectivity index (χ0n) is 21.6. The van der Waals surface area contributed by atoms with Gasteiger partial charge in [-0.2, -0.15) is 0 Å². The standard InChI is InChI=1S/C34H34O2/c1-23(2)21-35-31-15-11-25(12-16-31)29-9-7-27-5-6-28-8-10-30(20-34(28)33(27)19-29)26-13-17-32(18-14-26)36-22-24(3)4/h5-20,23-24H,21-22H2,1-4H3. The lowest BCUT2D eigenvalue weighted by atomic mass is 9.94. The van der Waals surface area contributed by atoms with Gasteiger partial charge in [0.1, 0.15) is 11.5 Å². The fourth-order valence-electron chi connectivity index (χ4n) is 4.42. The third-order valence-electron chi connectivity index (χ3n) is 6.38. The summed E-state index contributed by atoms with van der Waals surface area (Å²) in [6, 6.07) is 34.8. The quantitative estimate of drug-likeness (QED) is 0.209. The van der Waals surface area contributed by atoms with Gasteiger partial charge in [-0.1, -0.05) is 88.4 Å². The average molecular weight is 475 g/mol. The molecule has 0 saturated carbocycles. The number of ether oxygens (including phenoxy) is 2. The van der Waals surface area contributed by atoms with Crippen LogP contribution in [0.3, 0.4) is 0 Å². The number of hydrogen-bond acceptors (Lipinski definition) is 2. The second kappa shape index (κ2) is 10.5. The summed E-state index contributed by atoms with van der Waals surface area (Å²) in [6.45, 7) is 10.1. The summed E-state index contributed by atoms with van der Waals surface area (Å²) in [6.07, 6.45) is 0. The van der Waals surface area contributed by atoms with E-state index < -0.39 is 0 Å². The van der Waals surface area contributed by atoms with Crippen molar-refractivity contribution < 1.29 is 9.47 Å². The Morgan fingerprint density at radius 2 is 0.778 bits per heavy atom. The van der Waals surface area contributed by atoms with Gasteiger partial charge in [0.15, 0.2) is 0 Å². The van der Waals surface area contributed by atoms with Gasteiger partial charge in [0.05, 0.1) is 13.2 Å². The molecule has 182 valence electrons. The predicted molar refractivity (Wildman–Crippen MR) is 153 cm³/mol. The van der Waals surface area contributed by atoms with Crippen molar-refractivity contribution in [2.45, 2.75) is 27.7 Å². The molecule has 0 aliphatic heterocycles. The lowest BCUT2D eigenvalue weighted by Crippen LogP contribution is -2.04. The van der Waals surface area contributed by atoms with Crippen molar-refractivity contribution in [3.8, 4) is 33.8 Å². The highest BCUT2D eigenvalue weighted by Gasteiger charge is 2.07. The van der Waals surface area contributed by atoms with Crippen molar-refractivity contribution in [3.63, 3.8) is 0 Å². The first-order valence-corrected chi connectivity index (χ1v) is 12.9. The molecular weight excluding hydrogens is 440 g/mol. The fourth-order valence-corrected chi connectivity index (χ4v) is 4.42. The van der Waals surface area contributed by atoms with Gasteiger partial charge in [-0.15, -0.1) is 0 Å². The molecule has 0 aliphatic rings. The first-order chi connectivity index (χ1) is 17.5. The smallest absolute Gasteiger partial charge is 0.119 e. The zero-order chi connectivity index (χ0) is 25.1. The van der Waals surface area contributed by atoms with Gasteiger partial charge < -0.3 is 9.47 Å². The van der Waals surface area contributed by atoms with Crippen LogP contribution >= 0.6 is 0 Å². The van der Waals surface area contributed by atoms with Crippen LogP contribution in [0.2, 0.25) is 0 Å². The number of fused-ring (bicyclic) bond motifs is 3. The Labute approximate surface area is 214 Å². The van der Waals surface area contributed by atoms with E-state index in [-0.39, 0.29) is 0 Å². The van der Waals surface area contributed by atoms with Crippen molar-refractivity contribution in [1.29, 1.82) is 0 Å². The van der Waals surface area contributed by atoms with Crippen LogP contribution in [0, 0.1) is 11.8 Å². The van der Waals surface area contributed by atoms with Crippen molar-refractivity contribution in [2.24, 2.45) is 11.8 Å². The lowest BCUT2D eigenvalue weighted by Gasteiger charge is -2.12. The van der Waals surface area contributed by atoms with Crippen LogP contribution in [0.4, 0.5) is 0 Å². The van der Waals surface area contributed by atoms with Crippen LogP contribution in [0.15, 0.2) is 97.1 Å². The first kappa shape index (κ1) is 23.9. The van der Waals surface area contributed by atoms with Gasteiger partial charge >= 0.3 is 0 Å². The fraction of sp³-hybridized carbons (Fsp3) is 0.235. The molecule has 2 nitrogen and oxygen atoms in total. The second-order valence-corrected chi connectivity index (χ2v) is 10.4. The van der Waals surface area contributed by atoms with E-state index in [1.807, 2.05) is 0 Å². The summed E-state index contributed by atoms with van der Waals surface area (Å²) in [5, 5.41) is 5.03. The third kappa shape index (κ3) is 5.39. The molecule has 0 unspecified atom stereocenters. The molecular formula is C34H34O2. The Morgan fingerprint density at radius 1 is 0.444 bits per heavy atom. The predicted octanol–water partition coefficient (Wildman–Crippen LogP) is 9.40. The van der Waals surface area contributed by atoms with Crippen LogP contribution < -0.4 is 9.47 Å². The lowest BCUT2D eigenvalue weighted by molar-refractivity contribution is 0.271. The Morgan fingerprint density at radius 3 is 1.14 bits per heavy atom. The maximum absolute atomic E-state index is 5.86. The van der Waals surface area contributed by atoms with Crippen LogP contribution in [0.5, 0.6) is 11.5 Å². The first-order valence-electron chi connectivity index (χ1n) is 12.9. The maximum atomic E-state index is 5.86. The van der Waals surface area contributed by atoms with E-state index in [2.05, 4.69) is 125 Å². The van der Waals surface area contributed by atoms with E-state index in [9.17, 15) is 0 Å². The largest absolute Gasteiger partial charge is 0.493 e. The second-order valence-electron chi connectivity index (χ2n) is 10.4. The Balaban J connectivity index is 1.48. The molecule has 5 aromatic rings. The van der Waals surface area contributed by atoms with E-state index in [4.69, 9.17) is 9.47 Å². The van der Waals surface area contributed by atoms with Gasteiger partial charge in [-0.05, 0) is 92.0 Å². The van der Waals surface area contributed by atoms with E-state index in [0.717, 1.165) is 24.7 Å². The van der Waals surface area contributed by atoms with Crippen LogP contribution in [0.25, 0.3) is 43.8 Å². The van der Waals surface area contributed by atoms with Gasteiger partial charge in [0, 0.05) is 0 Å². The monoisotopic (exact) mass is 474 g/mol. The van der Waals surface area contributed by atoms with Crippen molar-refractivity contribution in [2.75, 3.05) is 13.2 Å². The molecule has 0 bridgehead atoms. The average Bonchev–Trinajstić information content (AvgIpc) is 2.90. The minimum atomic E-state index is 0.513. The minimum Gasteiger partial charge on any atom is -0.493 e. The van der Waals surface area contributed by atoms with Gasteiger partial charge in [-0.3, -0.25) is 0 Å². The number of benzene rings is 5. The molecule has 0 aromatic heterocycles. The molecule has 36 heavy (non-hydrogen) atoms. The van der Waals surface area contributed by atoms with Crippen molar-refractivity contribution in [3.05, 3.63) is 97.1 Å². The summed E-state index contributed by atoms with van der Waals surface area (Å²) < 4.78 is 11.7. The third-order valence-corrected chi connectivity index (χ3v) is 6.38. The normalized spacial score (nSPS) is 11.5. The number of hydrogen-bond donors (Lipinski definition) is 0. The SMILES string of the molecule is CC(C)COc1ccc(-c2ccc3ccc4ccc(-c5ccc(OCC(C)C)cc5)cc4c3c2)cc1. The van der Waals surface area contributed by atoms with Crippen LogP contribution in [0.1, 0.15) is 27.7 Å². The van der Waals surface area contributed by atoms with E-state index >= 15 is 0 Å². The summed E-state index contributed by atoms with van der Waals surface area (Å²) in [5.74, 6) is 2.87. The van der Waals surface area contributed by atoms with Gasteiger partial charge in [-0.25, -0.2) is 0 Å². The van der Waals surface area contributed by atoms with Crippen molar-refractivity contribution >= 4 is 21.5 Å². The minimum absolute atomic E-state index is 0.513. The van der Waals surface area contributed by atoms with E-state index in [0.29, 0.717) is 11.8 Å². The summed E-state index contributed by atoms with van der Waals surface area (Å²) >= 11 is 0. The molecule has 0 amide bonds. The molecule has 0 radical (unpaired) electrons. The van der Waals surface area contributed by atoms with Gasteiger partial charge in [0.2, 0.25) is 0 Å². The zero-order valence-corrected chi connectivity index (χ0v) is 21.6. The molecule has 2 heteroatoms. The Hall–Kier alpha value is -3.78. The molecule has 0 spiro atoms. The summed E-state index contributed by atoms with van der Waals surface area (Å²) in [4.78, 5) is 0. The number of rotatable bonds is 8. The summed E-state index contributed by atoms with van der Waals surface area (Å²) in [7, 11) is 0. The Kier molecular flexibility index (Phi) is 6.95. The van der Waals surface area contributed by atoms with Crippen LogP contribution in [-0.4, -0.2) is 13.2 Å². The van der Waals surface area contributed by atoms with Crippen LogP contribution in [-0.2, 0) is 0 Å². The summed E-state index contributed by atoms with van der Waals surface area (Å²) in [5.41, 5.74) is 4.81. The molecule has 0 aliphatic carbocycles.